The van der Waals surface area contributed by atoms with E-state index < -0.39 is 0 Å². The highest BCUT2D eigenvalue weighted by Gasteiger charge is 2.36. The first-order valence-corrected chi connectivity index (χ1v) is 8.48. The average molecular weight is 305 g/mol. The van der Waals surface area contributed by atoms with E-state index in [1.54, 1.807) is 0 Å². The lowest BCUT2D eigenvalue weighted by atomic mass is 9.90. The van der Waals surface area contributed by atoms with E-state index in [0.29, 0.717) is 19.1 Å². The number of carbonyl (C=O) groups excluding carboxylic acids is 1. The first-order valence-electron chi connectivity index (χ1n) is 8.48. The van der Waals surface area contributed by atoms with Crippen LogP contribution in [0.1, 0.15) is 49.1 Å². The molecule has 5 heteroatoms. The van der Waals surface area contributed by atoms with Gasteiger partial charge in [-0.3, -0.25) is 9.48 Å². The number of fused-ring (bicyclic) bond motifs is 1. The molecule has 3 rings (SSSR count). The van der Waals surface area contributed by atoms with E-state index in [0.717, 1.165) is 31.5 Å². The van der Waals surface area contributed by atoms with Crippen molar-refractivity contribution in [3.8, 4) is 0 Å². The van der Waals surface area contributed by atoms with Gasteiger partial charge >= 0.3 is 0 Å². The van der Waals surface area contributed by atoms with Crippen molar-refractivity contribution in [2.24, 2.45) is 7.05 Å². The number of aromatic nitrogens is 2. The van der Waals surface area contributed by atoms with Crippen molar-refractivity contribution >= 4 is 5.91 Å². The third-order valence-electron chi connectivity index (χ3n) is 5.30. The fourth-order valence-corrected chi connectivity index (χ4v) is 3.96. The lowest BCUT2D eigenvalue weighted by molar-refractivity contribution is -0.149. The van der Waals surface area contributed by atoms with Gasteiger partial charge in [-0.05, 0) is 38.7 Å². The first kappa shape index (κ1) is 15.5. The van der Waals surface area contributed by atoms with E-state index in [2.05, 4.69) is 16.9 Å². The van der Waals surface area contributed by atoms with Crippen LogP contribution in [0, 0.1) is 13.8 Å². The van der Waals surface area contributed by atoms with Crippen molar-refractivity contribution in [3.05, 3.63) is 17.0 Å². The average Bonchev–Trinajstić information content (AvgIpc) is 2.77. The van der Waals surface area contributed by atoms with Gasteiger partial charge in [0.05, 0.1) is 24.4 Å². The van der Waals surface area contributed by atoms with Crippen LogP contribution in [0.5, 0.6) is 0 Å². The molecule has 0 N–H and O–H groups in total. The van der Waals surface area contributed by atoms with Gasteiger partial charge in [0.2, 0.25) is 5.91 Å². The second kappa shape index (κ2) is 6.41. The van der Waals surface area contributed by atoms with E-state index in [4.69, 9.17) is 4.74 Å². The Morgan fingerprint density at radius 1 is 1.32 bits per heavy atom. The number of rotatable bonds is 3. The zero-order chi connectivity index (χ0) is 15.7. The van der Waals surface area contributed by atoms with Crippen LogP contribution in [0.2, 0.25) is 0 Å². The summed E-state index contributed by atoms with van der Waals surface area (Å²) in [5, 5.41) is 4.44. The fraction of sp³-hybridized carbons (Fsp3) is 0.765. The predicted octanol–water partition coefficient (Wildman–Crippen LogP) is 2.14. The first-order chi connectivity index (χ1) is 10.6. The maximum absolute atomic E-state index is 12.7. The van der Waals surface area contributed by atoms with Crippen LogP contribution in [-0.2, 0) is 23.0 Å². The molecule has 2 aliphatic rings. The number of hydrogen-bond acceptors (Lipinski definition) is 3. The molecule has 22 heavy (non-hydrogen) atoms. The Morgan fingerprint density at radius 2 is 2.09 bits per heavy atom. The number of hydrogen-bond donors (Lipinski definition) is 0. The molecule has 1 aliphatic carbocycles. The number of ether oxygens (including phenoxy) is 1. The van der Waals surface area contributed by atoms with Crippen LogP contribution >= 0.6 is 0 Å². The molecule has 2 atom stereocenters. The van der Waals surface area contributed by atoms with Crippen LogP contribution in [0.25, 0.3) is 0 Å². The quantitative estimate of drug-likeness (QED) is 0.859. The van der Waals surface area contributed by atoms with E-state index in [-0.39, 0.29) is 12.0 Å². The summed E-state index contributed by atoms with van der Waals surface area (Å²) in [6.07, 6.45) is 6.30. The Hall–Kier alpha value is -1.36. The van der Waals surface area contributed by atoms with Gasteiger partial charge < -0.3 is 9.64 Å². The van der Waals surface area contributed by atoms with Crippen molar-refractivity contribution in [2.75, 3.05) is 13.2 Å². The molecule has 1 saturated heterocycles. The van der Waals surface area contributed by atoms with Crippen molar-refractivity contribution in [1.82, 2.24) is 14.7 Å². The molecule has 1 saturated carbocycles. The Labute approximate surface area is 132 Å². The highest BCUT2D eigenvalue weighted by Crippen LogP contribution is 2.29. The topological polar surface area (TPSA) is 47.4 Å². The summed E-state index contributed by atoms with van der Waals surface area (Å²) < 4.78 is 7.76. The van der Waals surface area contributed by atoms with Crippen molar-refractivity contribution < 1.29 is 9.53 Å². The van der Waals surface area contributed by atoms with Crippen LogP contribution < -0.4 is 0 Å². The molecule has 0 radical (unpaired) electrons. The van der Waals surface area contributed by atoms with Gasteiger partial charge in [0.15, 0.2) is 0 Å². The van der Waals surface area contributed by atoms with Gasteiger partial charge in [-0.1, -0.05) is 12.8 Å². The van der Waals surface area contributed by atoms with Crippen LogP contribution in [0.15, 0.2) is 0 Å². The van der Waals surface area contributed by atoms with Crippen LogP contribution in [-0.4, -0.2) is 45.9 Å². The van der Waals surface area contributed by atoms with Crippen molar-refractivity contribution in [3.63, 3.8) is 0 Å². The summed E-state index contributed by atoms with van der Waals surface area (Å²) in [7, 11) is 1.96. The predicted molar refractivity (Wildman–Crippen MR) is 84.7 cm³/mol. The molecular weight excluding hydrogens is 278 g/mol. The normalized spacial score (nSPS) is 25.1. The Balaban J connectivity index is 1.63. The Morgan fingerprint density at radius 3 is 2.82 bits per heavy atom. The smallest absolute Gasteiger partial charge is 0.223 e. The van der Waals surface area contributed by atoms with Gasteiger partial charge in [-0.25, -0.2) is 0 Å². The number of amides is 1. The second-order valence-electron chi connectivity index (χ2n) is 6.62. The summed E-state index contributed by atoms with van der Waals surface area (Å²) in [4.78, 5) is 14.8. The summed E-state index contributed by atoms with van der Waals surface area (Å²) in [5.74, 6) is 0.280. The maximum Gasteiger partial charge on any atom is 0.223 e. The van der Waals surface area contributed by atoms with Gasteiger partial charge in [-0.15, -0.1) is 0 Å². The fourth-order valence-electron chi connectivity index (χ4n) is 3.96. The lowest BCUT2D eigenvalue weighted by Crippen LogP contribution is -2.54. The summed E-state index contributed by atoms with van der Waals surface area (Å²) in [6.45, 7) is 5.55. The molecule has 0 bridgehead atoms. The molecule has 2 unspecified atom stereocenters. The highest BCUT2D eigenvalue weighted by molar-refractivity contribution is 5.77. The molecule has 122 valence electrons. The monoisotopic (exact) mass is 305 g/mol. The number of carbonyl (C=O) groups is 1. The van der Waals surface area contributed by atoms with Gasteiger partial charge in [0, 0.05) is 25.7 Å². The molecule has 5 nitrogen and oxygen atoms in total. The zero-order valence-electron chi connectivity index (χ0n) is 14.0. The highest BCUT2D eigenvalue weighted by atomic mass is 16.5. The van der Waals surface area contributed by atoms with E-state index in [1.807, 2.05) is 18.7 Å². The molecule has 0 spiro atoms. The van der Waals surface area contributed by atoms with E-state index in [1.165, 1.54) is 24.1 Å². The van der Waals surface area contributed by atoms with Crippen molar-refractivity contribution in [1.29, 1.82) is 0 Å². The lowest BCUT2D eigenvalue weighted by Gasteiger charge is -2.43. The third-order valence-corrected chi connectivity index (χ3v) is 5.30. The molecule has 1 aliphatic heterocycles. The number of nitrogens with zero attached hydrogens (tertiary/aromatic N) is 3. The van der Waals surface area contributed by atoms with Gasteiger partial charge in [-0.2, -0.15) is 5.10 Å². The minimum atomic E-state index is 0.272. The van der Waals surface area contributed by atoms with E-state index >= 15 is 0 Å². The minimum Gasteiger partial charge on any atom is -0.374 e. The number of aryl methyl sites for hydroxylation is 2. The summed E-state index contributed by atoms with van der Waals surface area (Å²) >= 11 is 0. The molecule has 2 fully saturated rings. The number of morpholine rings is 1. The summed E-state index contributed by atoms with van der Waals surface area (Å²) in [5.41, 5.74) is 3.44. The molecule has 2 heterocycles. The van der Waals surface area contributed by atoms with Crippen LogP contribution in [0.3, 0.4) is 0 Å². The molecule has 1 aromatic heterocycles. The zero-order valence-corrected chi connectivity index (χ0v) is 14.0. The van der Waals surface area contributed by atoms with E-state index in [9.17, 15) is 4.79 Å². The van der Waals surface area contributed by atoms with Gasteiger partial charge in [0.1, 0.15) is 0 Å². The molecule has 1 aromatic rings. The Bertz CT molecular complexity index is 550. The minimum absolute atomic E-state index is 0.272. The SMILES string of the molecule is Cc1nn(C)c(C)c1CCC(=O)N1CCOC2CCCCC21. The second-order valence-corrected chi connectivity index (χ2v) is 6.62. The molecule has 0 aromatic carbocycles. The van der Waals surface area contributed by atoms with Crippen LogP contribution in [0.4, 0.5) is 0 Å². The maximum atomic E-state index is 12.7. The Kier molecular flexibility index (Phi) is 4.52. The molecule has 1 amide bonds. The van der Waals surface area contributed by atoms with Gasteiger partial charge in [0.25, 0.3) is 0 Å². The van der Waals surface area contributed by atoms with Crippen molar-refractivity contribution in [2.45, 2.75) is 64.5 Å². The summed E-state index contributed by atoms with van der Waals surface area (Å²) in [6, 6.07) is 0.311. The standard InChI is InChI=1S/C17H27N3O2/c1-12-14(13(2)19(3)18-12)8-9-17(21)20-10-11-22-16-7-5-4-6-15(16)20/h15-16H,4-11H2,1-3H3. The third kappa shape index (κ3) is 2.91. The molecular formula is C17H27N3O2. The largest absolute Gasteiger partial charge is 0.374 e.